The molecule has 2 rings (SSSR count). The summed E-state index contributed by atoms with van der Waals surface area (Å²) in [4.78, 5) is 15.2. The van der Waals surface area contributed by atoms with E-state index in [1.807, 2.05) is 6.92 Å². The molecule has 2 atom stereocenters. The van der Waals surface area contributed by atoms with E-state index in [9.17, 15) is 4.79 Å². The SMILES string of the molecule is CCOC(=O)[C@H]1N[C@]1(C)n1cncn1. The Kier molecular flexibility index (Phi) is 1.99. The van der Waals surface area contributed by atoms with Gasteiger partial charge >= 0.3 is 5.97 Å². The van der Waals surface area contributed by atoms with Crippen molar-refractivity contribution in [1.82, 2.24) is 20.1 Å². The Balaban J connectivity index is 2.06. The van der Waals surface area contributed by atoms with Crippen molar-refractivity contribution in [2.75, 3.05) is 6.61 Å². The topological polar surface area (TPSA) is 79.0 Å². The fraction of sp³-hybridized carbons (Fsp3) is 0.625. The van der Waals surface area contributed by atoms with Crippen molar-refractivity contribution in [1.29, 1.82) is 0 Å². The number of hydrogen-bond donors (Lipinski definition) is 1. The number of ether oxygens (including phenoxy) is 1. The summed E-state index contributed by atoms with van der Waals surface area (Å²) in [5.74, 6) is -0.245. The number of nitrogens with zero attached hydrogens (tertiary/aromatic N) is 3. The van der Waals surface area contributed by atoms with Gasteiger partial charge in [-0.05, 0) is 13.8 Å². The number of esters is 1. The second-order valence-electron chi connectivity index (χ2n) is 3.32. The Morgan fingerprint density at radius 3 is 3.14 bits per heavy atom. The maximum absolute atomic E-state index is 11.4. The maximum Gasteiger partial charge on any atom is 0.327 e. The van der Waals surface area contributed by atoms with Gasteiger partial charge in [0.2, 0.25) is 0 Å². The van der Waals surface area contributed by atoms with E-state index in [4.69, 9.17) is 4.74 Å². The van der Waals surface area contributed by atoms with Crippen LogP contribution < -0.4 is 5.32 Å². The first-order valence-electron chi connectivity index (χ1n) is 4.48. The second-order valence-corrected chi connectivity index (χ2v) is 3.32. The van der Waals surface area contributed by atoms with Gasteiger partial charge in [0.15, 0.2) is 0 Å². The lowest BCUT2D eigenvalue weighted by Gasteiger charge is -2.07. The molecule has 1 aliphatic rings. The molecule has 0 aromatic carbocycles. The third kappa shape index (κ3) is 1.27. The molecule has 0 bridgehead atoms. The second kappa shape index (κ2) is 3.06. The molecule has 0 unspecified atom stereocenters. The molecule has 1 aromatic heterocycles. The third-order valence-corrected chi connectivity index (χ3v) is 2.33. The highest BCUT2D eigenvalue weighted by Crippen LogP contribution is 2.31. The van der Waals surface area contributed by atoms with Crippen LogP contribution in [-0.4, -0.2) is 33.4 Å². The molecule has 14 heavy (non-hydrogen) atoms. The van der Waals surface area contributed by atoms with Crippen LogP contribution in [-0.2, 0) is 15.2 Å². The molecule has 0 amide bonds. The van der Waals surface area contributed by atoms with Crippen LogP contribution in [0.1, 0.15) is 13.8 Å². The van der Waals surface area contributed by atoms with Crippen LogP contribution in [0.3, 0.4) is 0 Å². The van der Waals surface area contributed by atoms with E-state index in [-0.39, 0.29) is 12.0 Å². The molecule has 1 aromatic rings. The summed E-state index contributed by atoms with van der Waals surface area (Å²) in [6, 6.07) is -0.316. The van der Waals surface area contributed by atoms with Gasteiger partial charge in [-0.3, -0.25) is 10.1 Å². The molecule has 6 heteroatoms. The molecule has 0 saturated carbocycles. The maximum atomic E-state index is 11.4. The lowest BCUT2D eigenvalue weighted by atomic mass is 10.2. The third-order valence-electron chi connectivity index (χ3n) is 2.33. The molecule has 6 nitrogen and oxygen atoms in total. The van der Waals surface area contributed by atoms with Gasteiger partial charge in [0.05, 0.1) is 6.61 Å². The first kappa shape index (κ1) is 9.14. The summed E-state index contributed by atoms with van der Waals surface area (Å²) in [6.07, 6.45) is 3.01. The van der Waals surface area contributed by atoms with E-state index in [1.54, 1.807) is 17.9 Å². The molecule has 0 aliphatic carbocycles. The Labute approximate surface area is 81.3 Å². The largest absolute Gasteiger partial charge is 0.465 e. The van der Waals surface area contributed by atoms with Gasteiger partial charge in [-0.1, -0.05) is 0 Å². The average Bonchev–Trinajstić information content (AvgIpc) is 2.67. The normalized spacial score (nSPS) is 30.0. The summed E-state index contributed by atoms with van der Waals surface area (Å²) >= 11 is 0. The fourth-order valence-electron chi connectivity index (χ4n) is 1.41. The number of carbonyl (C=O) groups excluding carboxylic acids is 1. The van der Waals surface area contributed by atoms with Crippen molar-refractivity contribution < 1.29 is 9.53 Å². The Morgan fingerprint density at radius 1 is 1.79 bits per heavy atom. The van der Waals surface area contributed by atoms with Gasteiger partial charge in [-0.2, -0.15) is 5.10 Å². The van der Waals surface area contributed by atoms with E-state index >= 15 is 0 Å². The molecule has 76 valence electrons. The highest BCUT2D eigenvalue weighted by Gasteiger charge is 2.57. The van der Waals surface area contributed by atoms with Gasteiger partial charge in [-0.25, -0.2) is 9.67 Å². The zero-order valence-corrected chi connectivity index (χ0v) is 8.10. The summed E-state index contributed by atoms with van der Waals surface area (Å²) in [6.45, 7) is 4.06. The monoisotopic (exact) mass is 196 g/mol. The number of carbonyl (C=O) groups is 1. The molecular weight excluding hydrogens is 184 g/mol. The van der Waals surface area contributed by atoms with Crippen molar-refractivity contribution in [3.8, 4) is 0 Å². The smallest absolute Gasteiger partial charge is 0.327 e. The number of hydrogen-bond acceptors (Lipinski definition) is 5. The molecule has 0 spiro atoms. The van der Waals surface area contributed by atoms with Crippen LogP contribution in [0.5, 0.6) is 0 Å². The van der Waals surface area contributed by atoms with Crippen molar-refractivity contribution in [2.45, 2.75) is 25.6 Å². The quantitative estimate of drug-likeness (QED) is 0.520. The lowest BCUT2D eigenvalue weighted by Crippen LogP contribution is -2.24. The minimum atomic E-state index is -0.469. The van der Waals surface area contributed by atoms with Crippen LogP contribution in [0.25, 0.3) is 0 Å². The molecule has 2 heterocycles. The average molecular weight is 196 g/mol. The molecule has 1 aliphatic heterocycles. The minimum absolute atomic E-state index is 0.245. The number of aromatic nitrogens is 3. The van der Waals surface area contributed by atoms with E-state index < -0.39 is 5.66 Å². The van der Waals surface area contributed by atoms with Crippen LogP contribution >= 0.6 is 0 Å². The van der Waals surface area contributed by atoms with E-state index in [0.29, 0.717) is 6.61 Å². The van der Waals surface area contributed by atoms with Gasteiger partial charge in [0.25, 0.3) is 0 Å². The predicted molar refractivity (Wildman–Crippen MR) is 47.2 cm³/mol. The zero-order chi connectivity index (χ0) is 10.2. The number of rotatable bonds is 3. The number of nitrogens with one attached hydrogen (secondary N) is 1. The van der Waals surface area contributed by atoms with E-state index in [0.717, 1.165) is 0 Å². The molecular formula is C8H12N4O2. The highest BCUT2D eigenvalue weighted by molar-refractivity contribution is 5.80. The van der Waals surface area contributed by atoms with Crippen LogP contribution in [0, 0.1) is 0 Å². The molecule has 1 fully saturated rings. The Bertz CT molecular complexity index is 337. The van der Waals surface area contributed by atoms with Crippen molar-refractivity contribution in [3.05, 3.63) is 12.7 Å². The van der Waals surface area contributed by atoms with Crippen LogP contribution in [0.2, 0.25) is 0 Å². The highest BCUT2D eigenvalue weighted by atomic mass is 16.5. The van der Waals surface area contributed by atoms with Crippen LogP contribution in [0.15, 0.2) is 12.7 Å². The van der Waals surface area contributed by atoms with Gasteiger partial charge < -0.3 is 4.74 Å². The Morgan fingerprint density at radius 2 is 2.57 bits per heavy atom. The van der Waals surface area contributed by atoms with Crippen molar-refractivity contribution in [2.24, 2.45) is 0 Å². The van der Waals surface area contributed by atoms with E-state index in [2.05, 4.69) is 15.4 Å². The van der Waals surface area contributed by atoms with E-state index in [1.165, 1.54) is 6.33 Å². The van der Waals surface area contributed by atoms with Crippen molar-refractivity contribution >= 4 is 5.97 Å². The first-order valence-corrected chi connectivity index (χ1v) is 4.48. The zero-order valence-electron chi connectivity index (χ0n) is 8.10. The fourth-order valence-corrected chi connectivity index (χ4v) is 1.41. The van der Waals surface area contributed by atoms with Crippen LogP contribution in [0.4, 0.5) is 0 Å². The first-order chi connectivity index (χ1) is 6.68. The predicted octanol–water partition coefficient (Wildman–Crippen LogP) is -0.514. The van der Waals surface area contributed by atoms with Gasteiger partial charge in [-0.15, -0.1) is 0 Å². The lowest BCUT2D eigenvalue weighted by molar-refractivity contribution is -0.143. The molecule has 0 radical (unpaired) electrons. The standard InChI is InChI=1S/C8H12N4O2/c1-3-14-7(13)6-8(2,11-6)12-5-9-4-10-12/h4-6,11H,3H2,1-2H3/t6-,8-/m1/s1. The summed E-state index contributed by atoms with van der Waals surface area (Å²) < 4.78 is 6.52. The summed E-state index contributed by atoms with van der Waals surface area (Å²) in [5.41, 5.74) is -0.469. The molecule has 1 N–H and O–H groups in total. The van der Waals surface area contributed by atoms with Gasteiger partial charge in [0, 0.05) is 0 Å². The summed E-state index contributed by atoms with van der Waals surface area (Å²) in [7, 11) is 0. The minimum Gasteiger partial charge on any atom is -0.465 e. The summed E-state index contributed by atoms with van der Waals surface area (Å²) in [5, 5.41) is 7.00. The van der Waals surface area contributed by atoms with Crippen molar-refractivity contribution in [3.63, 3.8) is 0 Å². The Hall–Kier alpha value is -1.43. The molecule has 1 saturated heterocycles. The van der Waals surface area contributed by atoms with Gasteiger partial charge in [0.1, 0.15) is 24.4 Å².